The number of aliphatic hydroxyl groups excluding tert-OH is 1. The Balaban J connectivity index is 2.21. The summed E-state index contributed by atoms with van der Waals surface area (Å²) in [7, 11) is 0. The summed E-state index contributed by atoms with van der Waals surface area (Å²) in [6, 6.07) is 6.12. The van der Waals surface area contributed by atoms with Gasteiger partial charge in [-0.25, -0.2) is 4.39 Å². The third kappa shape index (κ3) is 2.68. The van der Waals surface area contributed by atoms with Crippen LogP contribution in [0.4, 0.5) is 4.39 Å². The van der Waals surface area contributed by atoms with Gasteiger partial charge in [-0.05, 0) is 47.9 Å². The van der Waals surface area contributed by atoms with E-state index in [-0.39, 0.29) is 11.0 Å². The Hall–Kier alpha value is -1.32. The normalized spacial score (nSPS) is 12.7. The van der Waals surface area contributed by atoms with Crippen LogP contribution in [0, 0.1) is 12.7 Å². The minimum Gasteiger partial charge on any atom is -0.453 e. The van der Waals surface area contributed by atoms with Gasteiger partial charge in [-0.3, -0.25) is 0 Å². The molecule has 0 bridgehead atoms. The highest BCUT2D eigenvalue weighted by molar-refractivity contribution is 6.29. The van der Waals surface area contributed by atoms with E-state index in [0.717, 1.165) is 11.1 Å². The lowest BCUT2D eigenvalue weighted by Gasteiger charge is -2.11. The van der Waals surface area contributed by atoms with E-state index in [0.29, 0.717) is 12.0 Å². The molecule has 0 spiro atoms. The Morgan fingerprint density at radius 1 is 1.41 bits per heavy atom. The summed E-state index contributed by atoms with van der Waals surface area (Å²) < 4.78 is 18.0. The van der Waals surface area contributed by atoms with E-state index in [1.165, 1.54) is 18.4 Å². The predicted molar refractivity (Wildman–Crippen MR) is 63.5 cm³/mol. The zero-order chi connectivity index (χ0) is 12.4. The summed E-state index contributed by atoms with van der Waals surface area (Å²) in [6.07, 6.45) is 0.934. The fourth-order valence-electron chi connectivity index (χ4n) is 1.72. The molecule has 1 atom stereocenters. The average Bonchev–Trinajstić information content (AvgIpc) is 2.70. The molecule has 17 heavy (non-hydrogen) atoms. The number of rotatable bonds is 3. The molecule has 90 valence electrons. The minimum absolute atomic E-state index is 0.173. The van der Waals surface area contributed by atoms with Crippen molar-refractivity contribution >= 4 is 11.6 Å². The van der Waals surface area contributed by atoms with Crippen LogP contribution in [-0.2, 0) is 6.42 Å². The highest BCUT2D eigenvalue weighted by Crippen LogP contribution is 2.27. The van der Waals surface area contributed by atoms with Gasteiger partial charge in [-0.1, -0.05) is 6.07 Å². The molecule has 0 aliphatic heterocycles. The highest BCUT2D eigenvalue weighted by Gasteiger charge is 2.15. The van der Waals surface area contributed by atoms with Gasteiger partial charge >= 0.3 is 0 Å². The molecule has 0 amide bonds. The monoisotopic (exact) mass is 254 g/mol. The molecule has 0 aliphatic carbocycles. The SMILES string of the molecule is Cc1ccc(F)cc1CC(O)c1ccoc1Cl. The predicted octanol–water partition coefficient (Wildman–Crippen LogP) is 3.66. The van der Waals surface area contributed by atoms with Crippen molar-refractivity contribution in [3.05, 3.63) is 58.3 Å². The second kappa shape index (κ2) is 4.90. The Labute approximate surface area is 104 Å². The smallest absolute Gasteiger partial charge is 0.198 e. The van der Waals surface area contributed by atoms with Crippen LogP contribution in [0.25, 0.3) is 0 Å². The van der Waals surface area contributed by atoms with Gasteiger partial charge in [0.15, 0.2) is 5.22 Å². The van der Waals surface area contributed by atoms with Crippen LogP contribution < -0.4 is 0 Å². The molecule has 1 heterocycles. The third-order valence-electron chi connectivity index (χ3n) is 2.73. The van der Waals surface area contributed by atoms with Gasteiger partial charge in [0, 0.05) is 12.0 Å². The van der Waals surface area contributed by atoms with E-state index >= 15 is 0 Å². The van der Waals surface area contributed by atoms with E-state index in [1.807, 2.05) is 6.92 Å². The molecule has 0 saturated heterocycles. The number of furan rings is 1. The fourth-order valence-corrected chi connectivity index (χ4v) is 1.96. The van der Waals surface area contributed by atoms with Crippen molar-refractivity contribution < 1.29 is 13.9 Å². The molecule has 1 aromatic carbocycles. The average molecular weight is 255 g/mol. The summed E-state index contributed by atoms with van der Waals surface area (Å²) in [5.41, 5.74) is 2.22. The summed E-state index contributed by atoms with van der Waals surface area (Å²) >= 11 is 5.77. The number of aliphatic hydroxyl groups is 1. The van der Waals surface area contributed by atoms with Crippen LogP contribution in [0.15, 0.2) is 34.9 Å². The molecule has 2 nitrogen and oxygen atoms in total. The lowest BCUT2D eigenvalue weighted by molar-refractivity contribution is 0.177. The summed E-state index contributed by atoms with van der Waals surface area (Å²) in [6.45, 7) is 1.87. The second-order valence-corrected chi connectivity index (χ2v) is 4.28. The number of hydrogen-bond acceptors (Lipinski definition) is 2. The molecule has 1 unspecified atom stereocenters. The fraction of sp³-hybridized carbons (Fsp3) is 0.231. The van der Waals surface area contributed by atoms with Crippen molar-refractivity contribution in [3.63, 3.8) is 0 Å². The Kier molecular flexibility index (Phi) is 3.50. The van der Waals surface area contributed by atoms with Crippen LogP contribution >= 0.6 is 11.6 Å². The summed E-state index contributed by atoms with van der Waals surface area (Å²) in [5.74, 6) is -0.309. The largest absolute Gasteiger partial charge is 0.453 e. The second-order valence-electron chi connectivity index (χ2n) is 3.94. The number of hydrogen-bond donors (Lipinski definition) is 1. The number of aryl methyl sites for hydroxylation is 1. The van der Waals surface area contributed by atoms with E-state index in [9.17, 15) is 9.50 Å². The Bertz CT molecular complexity index is 522. The van der Waals surface area contributed by atoms with E-state index in [4.69, 9.17) is 16.0 Å². The molecule has 1 aromatic heterocycles. The molecule has 0 fully saturated rings. The first-order valence-electron chi connectivity index (χ1n) is 5.24. The molecule has 0 saturated carbocycles. The van der Waals surface area contributed by atoms with Gasteiger partial charge in [0.25, 0.3) is 0 Å². The maximum atomic E-state index is 13.1. The summed E-state index contributed by atoms with van der Waals surface area (Å²) in [4.78, 5) is 0. The molecular formula is C13H12ClFO2. The van der Waals surface area contributed by atoms with Crippen LogP contribution in [0.1, 0.15) is 22.8 Å². The van der Waals surface area contributed by atoms with Gasteiger partial charge in [0.05, 0.1) is 12.4 Å². The van der Waals surface area contributed by atoms with Gasteiger partial charge in [-0.2, -0.15) is 0 Å². The molecule has 2 aromatic rings. The van der Waals surface area contributed by atoms with E-state index in [1.54, 1.807) is 12.1 Å². The van der Waals surface area contributed by atoms with Crippen molar-refractivity contribution in [2.75, 3.05) is 0 Å². The van der Waals surface area contributed by atoms with Gasteiger partial charge in [0.1, 0.15) is 5.82 Å². The zero-order valence-electron chi connectivity index (χ0n) is 9.28. The van der Waals surface area contributed by atoms with Crippen LogP contribution in [0.2, 0.25) is 5.22 Å². The van der Waals surface area contributed by atoms with Crippen molar-refractivity contribution in [1.82, 2.24) is 0 Å². The van der Waals surface area contributed by atoms with Gasteiger partial charge in [-0.15, -0.1) is 0 Å². The van der Waals surface area contributed by atoms with Crippen LogP contribution in [0.5, 0.6) is 0 Å². The quantitative estimate of drug-likeness (QED) is 0.907. The first-order chi connectivity index (χ1) is 8.08. The topological polar surface area (TPSA) is 33.4 Å². The molecule has 0 radical (unpaired) electrons. The van der Waals surface area contributed by atoms with Crippen molar-refractivity contribution in [2.24, 2.45) is 0 Å². The standard InChI is InChI=1S/C13H12ClFO2/c1-8-2-3-10(15)6-9(8)7-12(16)11-4-5-17-13(11)14/h2-6,12,16H,7H2,1H3. The molecule has 0 aliphatic rings. The lowest BCUT2D eigenvalue weighted by atomic mass is 9.99. The maximum Gasteiger partial charge on any atom is 0.198 e. The van der Waals surface area contributed by atoms with E-state index < -0.39 is 6.10 Å². The third-order valence-corrected chi connectivity index (χ3v) is 3.04. The Morgan fingerprint density at radius 3 is 2.82 bits per heavy atom. The van der Waals surface area contributed by atoms with Crippen molar-refractivity contribution in [3.8, 4) is 0 Å². The van der Waals surface area contributed by atoms with E-state index in [2.05, 4.69) is 0 Å². The van der Waals surface area contributed by atoms with Crippen LogP contribution in [0.3, 0.4) is 0 Å². The number of benzene rings is 1. The molecule has 1 N–H and O–H groups in total. The zero-order valence-corrected chi connectivity index (χ0v) is 10.0. The first-order valence-corrected chi connectivity index (χ1v) is 5.61. The minimum atomic E-state index is -0.790. The molecule has 4 heteroatoms. The van der Waals surface area contributed by atoms with Crippen LogP contribution in [-0.4, -0.2) is 5.11 Å². The lowest BCUT2D eigenvalue weighted by Crippen LogP contribution is -2.03. The van der Waals surface area contributed by atoms with Crippen molar-refractivity contribution in [1.29, 1.82) is 0 Å². The molecular weight excluding hydrogens is 243 g/mol. The highest BCUT2D eigenvalue weighted by atomic mass is 35.5. The first kappa shape index (κ1) is 12.1. The van der Waals surface area contributed by atoms with Gasteiger partial charge in [0.2, 0.25) is 0 Å². The van der Waals surface area contributed by atoms with Crippen molar-refractivity contribution in [2.45, 2.75) is 19.4 Å². The maximum absolute atomic E-state index is 13.1. The Morgan fingerprint density at radius 2 is 2.18 bits per heavy atom. The molecule has 2 rings (SSSR count). The summed E-state index contributed by atoms with van der Waals surface area (Å²) in [5, 5.41) is 10.2. The number of halogens is 2. The van der Waals surface area contributed by atoms with Gasteiger partial charge < -0.3 is 9.52 Å².